The van der Waals surface area contributed by atoms with E-state index in [4.69, 9.17) is 30.3 Å². The number of aromatic nitrogens is 1. The largest absolute Gasteiger partial charge is 0.472 e. The molecule has 0 aliphatic carbocycles. The van der Waals surface area contributed by atoms with Gasteiger partial charge in [0.25, 0.3) is 5.88 Å². The van der Waals surface area contributed by atoms with E-state index in [1.165, 1.54) is 7.11 Å². The average Bonchev–Trinajstić information content (AvgIpc) is 2.78. The summed E-state index contributed by atoms with van der Waals surface area (Å²) in [5, 5.41) is 3.97. The molecule has 0 saturated carbocycles. The van der Waals surface area contributed by atoms with Crippen molar-refractivity contribution in [2.75, 3.05) is 20.3 Å². The Morgan fingerprint density at radius 3 is 2.57 bits per heavy atom. The number of hydrogen-bond donors (Lipinski definition) is 0. The molecule has 120 valence electrons. The Morgan fingerprint density at radius 2 is 2.05 bits per heavy atom. The van der Waals surface area contributed by atoms with E-state index >= 15 is 0 Å². The first-order valence-corrected chi connectivity index (χ1v) is 7.27. The molecule has 0 bridgehead atoms. The smallest absolute Gasteiger partial charge is 0.316 e. The van der Waals surface area contributed by atoms with Gasteiger partial charge in [0.15, 0.2) is 5.76 Å². The SMILES string of the molecule is CCOC(C)COc1noc(C(C(=O)OC)C(C)C)c1Cl. The third-order valence-corrected chi connectivity index (χ3v) is 3.29. The van der Waals surface area contributed by atoms with Gasteiger partial charge in [0.05, 0.1) is 13.2 Å². The second-order valence-electron chi connectivity index (χ2n) is 4.99. The fourth-order valence-electron chi connectivity index (χ4n) is 1.90. The van der Waals surface area contributed by atoms with Crippen LogP contribution in [0.4, 0.5) is 0 Å². The third-order valence-electron chi connectivity index (χ3n) is 2.94. The Labute approximate surface area is 129 Å². The Morgan fingerprint density at radius 1 is 1.38 bits per heavy atom. The van der Waals surface area contributed by atoms with Crippen LogP contribution in [0.1, 0.15) is 39.4 Å². The summed E-state index contributed by atoms with van der Waals surface area (Å²) >= 11 is 6.19. The van der Waals surface area contributed by atoms with Gasteiger partial charge in [-0.3, -0.25) is 4.79 Å². The molecule has 2 atom stereocenters. The maximum atomic E-state index is 11.8. The van der Waals surface area contributed by atoms with E-state index in [9.17, 15) is 4.79 Å². The number of carbonyl (C=O) groups excluding carboxylic acids is 1. The molecule has 1 aromatic rings. The molecule has 1 heterocycles. The topological polar surface area (TPSA) is 70.8 Å². The van der Waals surface area contributed by atoms with Crippen LogP contribution in [-0.2, 0) is 14.3 Å². The number of methoxy groups -OCH3 is 1. The van der Waals surface area contributed by atoms with Gasteiger partial charge in [-0.05, 0) is 24.9 Å². The Hall–Kier alpha value is -1.27. The van der Waals surface area contributed by atoms with Crippen LogP contribution >= 0.6 is 11.6 Å². The summed E-state index contributed by atoms with van der Waals surface area (Å²) in [5.74, 6) is -0.655. The lowest BCUT2D eigenvalue weighted by Gasteiger charge is -2.15. The van der Waals surface area contributed by atoms with Gasteiger partial charge in [-0.15, -0.1) is 0 Å². The standard InChI is InChI=1S/C14H22ClNO5/c1-6-19-9(4)7-20-13-11(15)12(21-16-13)10(8(2)3)14(17)18-5/h8-10H,6-7H2,1-5H3. The predicted molar refractivity (Wildman–Crippen MR) is 77.7 cm³/mol. The quantitative estimate of drug-likeness (QED) is 0.686. The lowest BCUT2D eigenvalue weighted by Crippen LogP contribution is -2.19. The second-order valence-corrected chi connectivity index (χ2v) is 5.37. The zero-order valence-corrected chi connectivity index (χ0v) is 13.8. The third kappa shape index (κ3) is 4.61. The molecule has 0 spiro atoms. The summed E-state index contributed by atoms with van der Waals surface area (Å²) in [6, 6.07) is 0. The van der Waals surface area contributed by atoms with Crippen molar-refractivity contribution in [1.82, 2.24) is 5.16 Å². The number of esters is 1. The molecule has 0 N–H and O–H groups in total. The van der Waals surface area contributed by atoms with Crippen LogP contribution in [0.15, 0.2) is 4.52 Å². The molecule has 0 radical (unpaired) electrons. The van der Waals surface area contributed by atoms with E-state index in [-0.39, 0.29) is 28.7 Å². The lowest BCUT2D eigenvalue weighted by molar-refractivity contribution is -0.144. The van der Waals surface area contributed by atoms with E-state index in [2.05, 4.69) is 5.16 Å². The maximum Gasteiger partial charge on any atom is 0.316 e. The molecule has 7 heteroatoms. The molecule has 1 rings (SSSR count). The first-order valence-electron chi connectivity index (χ1n) is 6.89. The zero-order valence-electron chi connectivity index (χ0n) is 13.0. The van der Waals surface area contributed by atoms with Crippen LogP contribution in [0.25, 0.3) is 0 Å². The molecule has 0 fully saturated rings. The number of rotatable bonds is 8. The van der Waals surface area contributed by atoms with E-state index in [0.29, 0.717) is 13.2 Å². The van der Waals surface area contributed by atoms with Crippen molar-refractivity contribution in [3.63, 3.8) is 0 Å². The van der Waals surface area contributed by atoms with E-state index in [1.807, 2.05) is 27.7 Å². The van der Waals surface area contributed by atoms with Crippen molar-refractivity contribution >= 4 is 17.6 Å². The van der Waals surface area contributed by atoms with Gasteiger partial charge in [-0.25, -0.2) is 0 Å². The van der Waals surface area contributed by atoms with Crippen LogP contribution in [0.3, 0.4) is 0 Å². The van der Waals surface area contributed by atoms with Crippen LogP contribution in [0, 0.1) is 5.92 Å². The normalized spacial score (nSPS) is 14.0. The molecule has 0 saturated heterocycles. The summed E-state index contributed by atoms with van der Waals surface area (Å²) in [6.45, 7) is 8.42. The molecule has 1 aromatic heterocycles. The molecule has 6 nitrogen and oxygen atoms in total. The van der Waals surface area contributed by atoms with Gasteiger partial charge in [-0.1, -0.05) is 25.4 Å². The highest BCUT2D eigenvalue weighted by Gasteiger charge is 2.33. The van der Waals surface area contributed by atoms with Crippen molar-refractivity contribution in [2.45, 2.75) is 39.7 Å². The van der Waals surface area contributed by atoms with Gasteiger partial charge in [0.2, 0.25) is 0 Å². The number of nitrogens with zero attached hydrogens (tertiary/aromatic N) is 1. The fourth-order valence-corrected chi connectivity index (χ4v) is 2.14. The van der Waals surface area contributed by atoms with Crippen LogP contribution in [0.5, 0.6) is 5.88 Å². The number of hydrogen-bond acceptors (Lipinski definition) is 6. The summed E-state index contributed by atoms with van der Waals surface area (Å²) in [4.78, 5) is 11.8. The van der Waals surface area contributed by atoms with Gasteiger partial charge in [-0.2, -0.15) is 0 Å². The number of ether oxygens (including phenoxy) is 3. The fraction of sp³-hybridized carbons (Fsp3) is 0.714. The molecule has 0 aliphatic rings. The lowest BCUT2D eigenvalue weighted by atomic mass is 9.93. The maximum absolute atomic E-state index is 11.8. The predicted octanol–water partition coefficient (Wildman–Crippen LogP) is 3.04. The number of carbonyl (C=O) groups is 1. The minimum atomic E-state index is -0.614. The van der Waals surface area contributed by atoms with Gasteiger partial charge >= 0.3 is 5.97 Å². The molecule has 0 aliphatic heterocycles. The van der Waals surface area contributed by atoms with Crippen LogP contribution in [0.2, 0.25) is 5.02 Å². The van der Waals surface area contributed by atoms with Gasteiger partial charge in [0.1, 0.15) is 17.5 Å². The number of halogens is 1. The van der Waals surface area contributed by atoms with Crippen molar-refractivity contribution in [3.05, 3.63) is 10.8 Å². The molecule has 21 heavy (non-hydrogen) atoms. The second kappa shape index (κ2) is 8.24. The summed E-state index contributed by atoms with van der Waals surface area (Å²) < 4.78 is 20.8. The zero-order chi connectivity index (χ0) is 16.0. The Balaban J connectivity index is 2.84. The Kier molecular flexibility index (Phi) is 6.98. The van der Waals surface area contributed by atoms with Crippen LogP contribution < -0.4 is 4.74 Å². The highest BCUT2D eigenvalue weighted by atomic mass is 35.5. The van der Waals surface area contributed by atoms with E-state index < -0.39 is 11.9 Å². The van der Waals surface area contributed by atoms with Crippen molar-refractivity contribution in [3.8, 4) is 5.88 Å². The van der Waals surface area contributed by atoms with Gasteiger partial charge < -0.3 is 18.7 Å². The van der Waals surface area contributed by atoms with Crippen molar-refractivity contribution < 1.29 is 23.5 Å². The molecular formula is C14H22ClNO5. The molecule has 0 aromatic carbocycles. The summed E-state index contributed by atoms with van der Waals surface area (Å²) in [5.41, 5.74) is 0. The average molecular weight is 320 g/mol. The highest BCUT2D eigenvalue weighted by molar-refractivity contribution is 6.32. The minimum Gasteiger partial charge on any atom is -0.472 e. The highest BCUT2D eigenvalue weighted by Crippen LogP contribution is 2.36. The van der Waals surface area contributed by atoms with Crippen LogP contribution in [-0.4, -0.2) is 37.6 Å². The van der Waals surface area contributed by atoms with E-state index in [0.717, 1.165) is 0 Å². The first-order chi connectivity index (χ1) is 9.92. The van der Waals surface area contributed by atoms with Crippen molar-refractivity contribution in [2.24, 2.45) is 5.92 Å². The minimum absolute atomic E-state index is 0.0434. The first kappa shape index (κ1) is 17.8. The summed E-state index contributed by atoms with van der Waals surface area (Å²) in [7, 11) is 1.32. The van der Waals surface area contributed by atoms with Gasteiger partial charge in [0, 0.05) is 6.61 Å². The molecule has 0 amide bonds. The Bertz CT molecular complexity index is 460. The van der Waals surface area contributed by atoms with Crippen molar-refractivity contribution in [1.29, 1.82) is 0 Å². The monoisotopic (exact) mass is 319 g/mol. The molecule has 2 unspecified atom stereocenters. The van der Waals surface area contributed by atoms with E-state index in [1.54, 1.807) is 0 Å². The molecular weight excluding hydrogens is 298 g/mol. The summed E-state index contributed by atoms with van der Waals surface area (Å²) in [6.07, 6.45) is -0.0901.